The van der Waals surface area contributed by atoms with Crippen molar-refractivity contribution in [3.8, 4) is 0 Å². The highest BCUT2D eigenvalue weighted by Crippen LogP contribution is 2.11. The summed E-state index contributed by atoms with van der Waals surface area (Å²) in [4.78, 5) is 0. The first-order valence-corrected chi connectivity index (χ1v) is 3.75. The van der Waals surface area contributed by atoms with Crippen LogP contribution in [0.3, 0.4) is 0 Å². The standard InChI is InChI=1S/C9H18O/c1-6-9(4,5)10-7-8(2)3/h6,8H,1,7H2,2-5H3. The molecule has 0 aromatic carbocycles. The van der Waals surface area contributed by atoms with Gasteiger partial charge in [-0.1, -0.05) is 19.9 Å². The molecule has 0 unspecified atom stereocenters. The van der Waals surface area contributed by atoms with Crippen LogP contribution in [0.5, 0.6) is 0 Å². The summed E-state index contributed by atoms with van der Waals surface area (Å²) >= 11 is 0. The molecule has 0 aromatic rings. The van der Waals surface area contributed by atoms with Crippen molar-refractivity contribution in [3.63, 3.8) is 0 Å². The maximum Gasteiger partial charge on any atom is 0.0803 e. The summed E-state index contributed by atoms with van der Waals surface area (Å²) in [5.41, 5.74) is -0.162. The average Bonchev–Trinajstić information content (AvgIpc) is 1.85. The lowest BCUT2D eigenvalue weighted by Crippen LogP contribution is -2.23. The predicted molar refractivity (Wildman–Crippen MR) is 45.1 cm³/mol. The van der Waals surface area contributed by atoms with E-state index in [1.54, 1.807) is 0 Å². The van der Waals surface area contributed by atoms with Crippen molar-refractivity contribution >= 4 is 0 Å². The van der Waals surface area contributed by atoms with Crippen LogP contribution < -0.4 is 0 Å². The summed E-state index contributed by atoms with van der Waals surface area (Å²) in [6, 6.07) is 0. The topological polar surface area (TPSA) is 9.23 Å². The third-order valence-corrected chi connectivity index (χ3v) is 1.28. The Hall–Kier alpha value is -0.300. The molecule has 0 amide bonds. The molecular weight excluding hydrogens is 124 g/mol. The zero-order valence-corrected chi connectivity index (χ0v) is 7.48. The van der Waals surface area contributed by atoms with Crippen LogP contribution in [0.1, 0.15) is 27.7 Å². The van der Waals surface area contributed by atoms with E-state index in [1.165, 1.54) is 0 Å². The van der Waals surface area contributed by atoms with E-state index in [1.807, 2.05) is 19.9 Å². The highest BCUT2D eigenvalue weighted by atomic mass is 16.5. The molecular formula is C9H18O. The van der Waals surface area contributed by atoms with Crippen molar-refractivity contribution in [1.29, 1.82) is 0 Å². The Kier molecular flexibility index (Phi) is 3.66. The number of ether oxygens (including phenoxy) is 1. The van der Waals surface area contributed by atoms with E-state index in [2.05, 4.69) is 20.4 Å². The Morgan fingerprint density at radius 2 is 2.00 bits per heavy atom. The number of rotatable bonds is 4. The van der Waals surface area contributed by atoms with Crippen LogP contribution in [0.2, 0.25) is 0 Å². The van der Waals surface area contributed by atoms with Gasteiger partial charge in [0.2, 0.25) is 0 Å². The monoisotopic (exact) mass is 142 g/mol. The van der Waals surface area contributed by atoms with Gasteiger partial charge in [0.15, 0.2) is 0 Å². The van der Waals surface area contributed by atoms with Gasteiger partial charge in [0.25, 0.3) is 0 Å². The molecule has 0 aliphatic rings. The Morgan fingerprint density at radius 1 is 1.50 bits per heavy atom. The summed E-state index contributed by atoms with van der Waals surface area (Å²) in [5.74, 6) is 0.597. The van der Waals surface area contributed by atoms with E-state index < -0.39 is 0 Å². The van der Waals surface area contributed by atoms with Crippen molar-refractivity contribution in [2.45, 2.75) is 33.3 Å². The normalized spacial score (nSPS) is 12.1. The van der Waals surface area contributed by atoms with Gasteiger partial charge >= 0.3 is 0 Å². The Balaban J connectivity index is 3.56. The highest BCUT2D eigenvalue weighted by Gasteiger charge is 2.12. The lowest BCUT2D eigenvalue weighted by atomic mass is 10.1. The molecule has 0 bridgehead atoms. The van der Waals surface area contributed by atoms with Gasteiger partial charge in [-0.15, -0.1) is 6.58 Å². The molecule has 0 rings (SSSR count). The fourth-order valence-electron chi connectivity index (χ4n) is 0.440. The van der Waals surface area contributed by atoms with E-state index >= 15 is 0 Å². The quantitative estimate of drug-likeness (QED) is 0.548. The molecule has 0 N–H and O–H groups in total. The fourth-order valence-corrected chi connectivity index (χ4v) is 0.440. The largest absolute Gasteiger partial charge is 0.371 e. The van der Waals surface area contributed by atoms with Gasteiger partial charge < -0.3 is 4.74 Å². The zero-order chi connectivity index (χ0) is 8.20. The van der Waals surface area contributed by atoms with Crippen LogP contribution in [0.25, 0.3) is 0 Å². The van der Waals surface area contributed by atoms with E-state index in [9.17, 15) is 0 Å². The molecule has 10 heavy (non-hydrogen) atoms. The summed E-state index contributed by atoms with van der Waals surface area (Å²) in [5, 5.41) is 0. The van der Waals surface area contributed by atoms with E-state index in [-0.39, 0.29) is 5.60 Å². The van der Waals surface area contributed by atoms with Gasteiger partial charge in [-0.05, 0) is 19.8 Å². The maximum atomic E-state index is 5.52. The van der Waals surface area contributed by atoms with E-state index in [0.717, 1.165) is 6.61 Å². The summed E-state index contributed by atoms with van der Waals surface area (Å²) in [7, 11) is 0. The molecule has 0 heterocycles. The Bertz CT molecular complexity index is 103. The number of hydrogen-bond donors (Lipinski definition) is 0. The lowest BCUT2D eigenvalue weighted by molar-refractivity contribution is 0.00448. The molecule has 0 aliphatic heterocycles. The molecule has 1 heteroatoms. The van der Waals surface area contributed by atoms with E-state index in [0.29, 0.717) is 5.92 Å². The predicted octanol–water partition coefficient (Wildman–Crippen LogP) is 2.62. The van der Waals surface area contributed by atoms with Crippen LogP contribution >= 0.6 is 0 Å². The van der Waals surface area contributed by atoms with Crippen molar-refractivity contribution in [1.82, 2.24) is 0 Å². The van der Waals surface area contributed by atoms with Gasteiger partial charge in [0, 0.05) is 0 Å². The molecule has 60 valence electrons. The molecule has 0 saturated carbocycles. The van der Waals surface area contributed by atoms with Crippen LogP contribution in [0.4, 0.5) is 0 Å². The molecule has 0 fully saturated rings. The van der Waals surface area contributed by atoms with Crippen molar-refractivity contribution in [2.24, 2.45) is 5.92 Å². The molecule has 0 aliphatic carbocycles. The van der Waals surface area contributed by atoms with Crippen molar-refractivity contribution in [3.05, 3.63) is 12.7 Å². The van der Waals surface area contributed by atoms with Crippen molar-refractivity contribution in [2.75, 3.05) is 6.61 Å². The average molecular weight is 142 g/mol. The smallest absolute Gasteiger partial charge is 0.0803 e. The summed E-state index contributed by atoms with van der Waals surface area (Å²) in [6.45, 7) is 12.8. The van der Waals surface area contributed by atoms with Gasteiger partial charge in [-0.2, -0.15) is 0 Å². The maximum absolute atomic E-state index is 5.52. The summed E-state index contributed by atoms with van der Waals surface area (Å²) < 4.78 is 5.52. The lowest BCUT2D eigenvalue weighted by Gasteiger charge is -2.21. The third-order valence-electron chi connectivity index (χ3n) is 1.28. The minimum atomic E-state index is -0.162. The first kappa shape index (κ1) is 9.70. The van der Waals surface area contributed by atoms with Crippen molar-refractivity contribution < 1.29 is 4.74 Å². The molecule has 1 nitrogen and oxygen atoms in total. The van der Waals surface area contributed by atoms with Crippen LogP contribution in [-0.4, -0.2) is 12.2 Å². The first-order chi connectivity index (χ1) is 4.48. The number of hydrogen-bond acceptors (Lipinski definition) is 1. The minimum Gasteiger partial charge on any atom is -0.371 e. The first-order valence-electron chi connectivity index (χ1n) is 3.75. The molecule has 0 atom stereocenters. The zero-order valence-electron chi connectivity index (χ0n) is 7.48. The second kappa shape index (κ2) is 3.77. The van der Waals surface area contributed by atoms with Gasteiger partial charge in [-0.3, -0.25) is 0 Å². The molecule has 0 saturated heterocycles. The second-order valence-electron chi connectivity index (χ2n) is 3.51. The second-order valence-corrected chi connectivity index (χ2v) is 3.51. The van der Waals surface area contributed by atoms with Gasteiger partial charge in [0.1, 0.15) is 0 Å². The molecule has 0 radical (unpaired) electrons. The Morgan fingerprint density at radius 3 is 2.30 bits per heavy atom. The van der Waals surface area contributed by atoms with Crippen LogP contribution in [-0.2, 0) is 4.74 Å². The highest BCUT2D eigenvalue weighted by molar-refractivity contribution is 4.89. The molecule has 0 spiro atoms. The van der Waals surface area contributed by atoms with Crippen LogP contribution in [0.15, 0.2) is 12.7 Å². The fraction of sp³-hybridized carbons (Fsp3) is 0.778. The summed E-state index contributed by atoms with van der Waals surface area (Å²) in [6.07, 6.45) is 1.83. The Labute approximate surface area is 64.1 Å². The molecule has 0 aromatic heterocycles. The van der Waals surface area contributed by atoms with Gasteiger partial charge in [0.05, 0.1) is 12.2 Å². The van der Waals surface area contributed by atoms with E-state index in [4.69, 9.17) is 4.74 Å². The SMILES string of the molecule is C=CC(C)(C)OCC(C)C. The van der Waals surface area contributed by atoms with Gasteiger partial charge in [-0.25, -0.2) is 0 Å². The minimum absolute atomic E-state index is 0.162. The van der Waals surface area contributed by atoms with Crippen LogP contribution in [0, 0.1) is 5.92 Å². The third kappa shape index (κ3) is 4.57.